The van der Waals surface area contributed by atoms with Crippen LogP contribution in [0.1, 0.15) is 22.3 Å². The monoisotopic (exact) mass is 890 g/mol. The van der Waals surface area contributed by atoms with Gasteiger partial charge in [0.15, 0.2) is 5.58 Å². The molecule has 0 saturated heterocycles. The quantitative estimate of drug-likeness (QED) is 0.166. The number of benzene rings is 11. The Balaban J connectivity index is 0.968. The lowest BCUT2D eigenvalue weighted by molar-refractivity contribution is 0.670. The fourth-order valence-electron chi connectivity index (χ4n) is 12.4. The Morgan fingerprint density at radius 3 is 1.60 bits per heavy atom. The molecule has 11 aromatic carbocycles. The van der Waals surface area contributed by atoms with E-state index in [1.165, 1.54) is 77.4 Å². The van der Waals surface area contributed by atoms with Crippen LogP contribution in [0, 0.1) is 0 Å². The summed E-state index contributed by atoms with van der Waals surface area (Å²) >= 11 is 0. The summed E-state index contributed by atoms with van der Waals surface area (Å²) < 4.78 is 9.76. The zero-order valence-electron chi connectivity index (χ0n) is 38.1. The van der Waals surface area contributed by atoms with Crippen molar-refractivity contribution in [1.29, 1.82) is 0 Å². The Morgan fingerprint density at radius 2 is 0.843 bits per heavy atom. The van der Waals surface area contributed by atoms with Gasteiger partial charge in [-0.3, -0.25) is 0 Å². The summed E-state index contributed by atoms with van der Waals surface area (Å²) in [5.41, 5.74) is 22.7. The van der Waals surface area contributed by atoms with Gasteiger partial charge in [0.25, 0.3) is 0 Å². The van der Waals surface area contributed by atoms with Crippen LogP contribution in [-0.2, 0) is 5.41 Å². The van der Waals surface area contributed by atoms with E-state index in [9.17, 15) is 0 Å². The summed E-state index contributed by atoms with van der Waals surface area (Å²) in [6.07, 6.45) is 0. The van der Waals surface area contributed by atoms with Crippen molar-refractivity contribution in [3.63, 3.8) is 0 Å². The van der Waals surface area contributed by atoms with Gasteiger partial charge in [-0.2, -0.15) is 0 Å². The molecule has 2 aromatic heterocycles. The fraction of sp³-hybridized carbons (Fsp3) is 0.0149. The van der Waals surface area contributed by atoms with Crippen LogP contribution in [0.15, 0.2) is 259 Å². The second-order valence-electron chi connectivity index (χ2n) is 18.7. The van der Waals surface area contributed by atoms with E-state index in [2.05, 4.69) is 264 Å². The molecule has 13 aromatic rings. The molecule has 0 radical (unpaired) electrons. The molecule has 70 heavy (non-hydrogen) atoms. The van der Waals surface area contributed by atoms with Crippen molar-refractivity contribution in [2.45, 2.75) is 5.41 Å². The highest BCUT2D eigenvalue weighted by molar-refractivity contribution is 6.16. The van der Waals surface area contributed by atoms with Crippen LogP contribution in [0.4, 0.5) is 17.1 Å². The van der Waals surface area contributed by atoms with Gasteiger partial charge in [0.1, 0.15) is 5.58 Å². The van der Waals surface area contributed by atoms with Gasteiger partial charge in [0.05, 0.1) is 27.8 Å². The zero-order chi connectivity index (χ0) is 45.9. The zero-order valence-corrected chi connectivity index (χ0v) is 38.1. The van der Waals surface area contributed by atoms with Gasteiger partial charge >= 0.3 is 0 Å². The smallest absolute Gasteiger partial charge is 0.159 e. The Labute approximate surface area is 405 Å². The number of hydrogen-bond acceptors (Lipinski definition) is 2. The molecule has 3 heteroatoms. The maximum absolute atomic E-state index is 7.39. The van der Waals surface area contributed by atoms with Gasteiger partial charge in [-0.05, 0) is 110 Å². The second-order valence-corrected chi connectivity index (χ2v) is 18.7. The van der Waals surface area contributed by atoms with E-state index in [1.54, 1.807) is 0 Å². The van der Waals surface area contributed by atoms with E-state index in [1.807, 2.05) is 0 Å². The standard InChI is InChI=1S/C67H42N2O/c1-3-18-43(19-4-1)44-36-39-47(40-37-44)69(62-34-17-32-59-64(62)54-25-9-13-31-58(54)67(59)56-29-11-7-22-49(56)50-23-8-12-30-57(50)67)63-35-16-28-53-52-27-15-26-48(65(52)70-66(53)63)45-38-41-61-55(42-45)51-24-10-14-33-60(51)68(61)46-20-5-2-6-21-46/h1-42H. The first-order valence-electron chi connectivity index (χ1n) is 24.2. The first kappa shape index (κ1) is 38.9. The van der Waals surface area contributed by atoms with Crippen LogP contribution in [0.3, 0.4) is 0 Å². The molecule has 1 spiro atoms. The highest BCUT2D eigenvalue weighted by Crippen LogP contribution is 2.65. The third kappa shape index (κ3) is 5.34. The van der Waals surface area contributed by atoms with E-state index >= 15 is 0 Å². The fourth-order valence-corrected chi connectivity index (χ4v) is 12.4. The van der Waals surface area contributed by atoms with Crippen molar-refractivity contribution < 1.29 is 4.42 Å². The molecule has 15 rings (SSSR count). The topological polar surface area (TPSA) is 21.3 Å². The van der Waals surface area contributed by atoms with E-state index in [0.717, 1.165) is 55.8 Å². The van der Waals surface area contributed by atoms with Crippen LogP contribution in [0.25, 0.3) is 93.9 Å². The van der Waals surface area contributed by atoms with Crippen LogP contribution in [0.2, 0.25) is 0 Å². The van der Waals surface area contributed by atoms with Crippen LogP contribution in [0.5, 0.6) is 0 Å². The van der Waals surface area contributed by atoms with Crippen LogP contribution >= 0.6 is 0 Å². The van der Waals surface area contributed by atoms with Crippen molar-refractivity contribution in [3.05, 3.63) is 277 Å². The SMILES string of the molecule is c1ccc(-c2ccc(N(c3cccc4c3-c3ccccc3C43c4ccccc4-c4ccccc43)c3cccc4c3oc3c(-c5ccc6c(c5)c5ccccc5n6-c5ccccc5)cccc34)cc2)cc1. The van der Waals surface area contributed by atoms with Crippen molar-refractivity contribution in [2.24, 2.45) is 0 Å². The summed E-state index contributed by atoms with van der Waals surface area (Å²) in [5.74, 6) is 0. The van der Waals surface area contributed by atoms with Crippen molar-refractivity contribution in [1.82, 2.24) is 4.57 Å². The molecule has 2 aliphatic rings. The third-order valence-corrected chi connectivity index (χ3v) is 15.2. The molecule has 0 N–H and O–H groups in total. The summed E-state index contributed by atoms with van der Waals surface area (Å²) in [5, 5.41) is 4.59. The summed E-state index contributed by atoms with van der Waals surface area (Å²) in [7, 11) is 0. The number of fused-ring (bicyclic) bond motifs is 16. The van der Waals surface area contributed by atoms with Gasteiger partial charge in [0.2, 0.25) is 0 Å². The Bertz CT molecular complexity index is 4190. The number of anilines is 3. The minimum absolute atomic E-state index is 0.479. The molecule has 326 valence electrons. The summed E-state index contributed by atoms with van der Waals surface area (Å²) in [6, 6.07) is 93.2. The van der Waals surface area contributed by atoms with E-state index in [0.29, 0.717) is 0 Å². The van der Waals surface area contributed by atoms with Crippen molar-refractivity contribution >= 4 is 60.8 Å². The van der Waals surface area contributed by atoms with Gasteiger partial charge in [-0.25, -0.2) is 0 Å². The van der Waals surface area contributed by atoms with E-state index in [-0.39, 0.29) is 0 Å². The third-order valence-electron chi connectivity index (χ3n) is 15.2. The van der Waals surface area contributed by atoms with E-state index < -0.39 is 5.41 Å². The average Bonchev–Trinajstić information content (AvgIpc) is 4.16. The summed E-state index contributed by atoms with van der Waals surface area (Å²) in [6.45, 7) is 0. The Hall–Kier alpha value is -9.18. The van der Waals surface area contributed by atoms with Gasteiger partial charge in [-0.15, -0.1) is 0 Å². The molecular weight excluding hydrogens is 849 g/mol. The normalized spacial score (nSPS) is 13.0. The molecule has 0 saturated carbocycles. The molecule has 0 atom stereocenters. The minimum Gasteiger partial charge on any atom is -0.453 e. The van der Waals surface area contributed by atoms with Crippen molar-refractivity contribution in [2.75, 3.05) is 4.90 Å². The van der Waals surface area contributed by atoms with Gasteiger partial charge in [0, 0.05) is 44.0 Å². The molecular formula is C67H42N2O. The Kier molecular flexibility index (Phi) is 8.28. The Morgan fingerprint density at radius 1 is 0.329 bits per heavy atom. The van der Waals surface area contributed by atoms with Crippen LogP contribution in [-0.4, -0.2) is 4.57 Å². The lowest BCUT2D eigenvalue weighted by Crippen LogP contribution is -2.26. The second kappa shape index (κ2) is 14.9. The number of para-hydroxylation sites is 4. The predicted molar refractivity (Wildman–Crippen MR) is 290 cm³/mol. The molecule has 0 fully saturated rings. The molecule has 2 heterocycles. The molecule has 0 unspecified atom stereocenters. The number of furan rings is 1. The first-order chi connectivity index (χ1) is 34.8. The minimum atomic E-state index is -0.479. The predicted octanol–water partition coefficient (Wildman–Crippen LogP) is 17.8. The molecule has 3 nitrogen and oxygen atoms in total. The number of rotatable bonds is 6. The van der Waals surface area contributed by atoms with Gasteiger partial charge < -0.3 is 13.9 Å². The highest BCUT2D eigenvalue weighted by atomic mass is 16.3. The first-order valence-corrected chi connectivity index (χ1v) is 24.2. The molecule has 2 aliphatic carbocycles. The number of hydrogen-bond donors (Lipinski definition) is 0. The molecule has 0 amide bonds. The lowest BCUT2D eigenvalue weighted by Gasteiger charge is -2.31. The molecule has 0 bridgehead atoms. The van der Waals surface area contributed by atoms with E-state index in [4.69, 9.17) is 4.42 Å². The maximum Gasteiger partial charge on any atom is 0.159 e. The van der Waals surface area contributed by atoms with Gasteiger partial charge in [-0.1, -0.05) is 200 Å². The molecule has 0 aliphatic heterocycles. The summed E-state index contributed by atoms with van der Waals surface area (Å²) in [4.78, 5) is 2.45. The number of nitrogens with zero attached hydrogens (tertiary/aromatic N) is 2. The highest BCUT2D eigenvalue weighted by Gasteiger charge is 2.52. The largest absolute Gasteiger partial charge is 0.453 e. The van der Waals surface area contributed by atoms with Crippen LogP contribution < -0.4 is 4.90 Å². The lowest BCUT2D eigenvalue weighted by atomic mass is 9.70. The number of aromatic nitrogens is 1. The maximum atomic E-state index is 7.39. The average molecular weight is 891 g/mol. The van der Waals surface area contributed by atoms with Crippen molar-refractivity contribution in [3.8, 4) is 50.2 Å².